The maximum Gasteiger partial charge on any atom is 0.246 e. The summed E-state index contributed by atoms with van der Waals surface area (Å²) >= 11 is 0. The van der Waals surface area contributed by atoms with Crippen LogP contribution in [0.15, 0.2) is 0 Å². The number of hydrogen-bond donors (Lipinski definition) is 3. The summed E-state index contributed by atoms with van der Waals surface area (Å²) in [6, 6.07) is 0. The van der Waals surface area contributed by atoms with E-state index in [1.807, 2.05) is 6.92 Å². The standard InChI is InChI=1S/C9H17N5O3/c1-3-15-4-16-5-17-8-6(10)7(12-2)13-9(11)14-8/h3-5,10H2,1-2H3,(H3,11,12,13,14). The van der Waals surface area contributed by atoms with Gasteiger partial charge in [-0.15, -0.1) is 0 Å². The number of rotatable bonds is 7. The Labute approximate surface area is 99.3 Å². The molecule has 0 aliphatic rings. The highest BCUT2D eigenvalue weighted by Gasteiger charge is 2.10. The van der Waals surface area contributed by atoms with Crippen molar-refractivity contribution in [2.24, 2.45) is 0 Å². The van der Waals surface area contributed by atoms with E-state index in [0.717, 1.165) is 0 Å². The highest BCUT2D eigenvalue weighted by atomic mass is 16.7. The summed E-state index contributed by atoms with van der Waals surface area (Å²) in [7, 11) is 1.67. The number of nitrogens with two attached hydrogens (primary N) is 2. The quantitative estimate of drug-likeness (QED) is 0.453. The lowest BCUT2D eigenvalue weighted by atomic mass is 10.4. The van der Waals surface area contributed by atoms with Crippen LogP contribution < -0.4 is 21.5 Å². The number of anilines is 3. The highest BCUT2D eigenvalue weighted by Crippen LogP contribution is 2.26. The van der Waals surface area contributed by atoms with Crippen LogP contribution in [-0.2, 0) is 9.47 Å². The molecule has 0 bridgehead atoms. The van der Waals surface area contributed by atoms with E-state index in [0.29, 0.717) is 12.4 Å². The summed E-state index contributed by atoms with van der Waals surface area (Å²) in [5.41, 5.74) is 11.5. The van der Waals surface area contributed by atoms with Gasteiger partial charge in [0.15, 0.2) is 19.4 Å². The van der Waals surface area contributed by atoms with Crippen molar-refractivity contribution in [3.05, 3.63) is 0 Å². The SMILES string of the molecule is CCOCOCOc1nc(N)nc(NC)c1N. The Bertz CT molecular complexity index is 361. The molecule has 0 atom stereocenters. The van der Waals surface area contributed by atoms with E-state index >= 15 is 0 Å². The van der Waals surface area contributed by atoms with E-state index < -0.39 is 0 Å². The van der Waals surface area contributed by atoms with Gasteiger partial charge in [0.2, 0.25) is 11.8 Å². The Morgan fingerprint density at radius 2 is 1.94 bits per heavy atom. The first-order valence-electron chi connectivity index (χ1n) is 5.08. The summed E-state index contributed by atoms with van der Waals surface area (Å²) in [5.74, 6) is 0.666. The Hall–Kier alpha value is -1.80. The van der Waals surface area contributed by atoms with E-state index in [2.05, 4.69) is 15.3 Å². The zero-order valence-corrected chi connectivity index (χ0v) is 9.90. The molecule has 0 aromatic carbocycles. The third-order valence-electron chi connectivity index (χ3n) is 1.81. The first-order chi connectivity index (χ1) is 8.19. The van der Waals surface area contributed by atoms with Gasteiger partial charge in [-0.05, 0) is 6.92 Å². The smallest absolute Gasteiger partial charge is 0.246 e. The van der Waals surface area contributed by atoms with Crippen molar-refractivity contribution in [3.63, 3.8) is 0 Å². The van der Waals surface area contributed by atoms with Gasteiger partial charge in [0.1, 0.15) is 5.69 Å². The molecule has 8 nitrogen and oxygen atoms in total. The number of aromatic nitrogens is 2. The lowest BCUT2D eigenvalue weighted by Gasteiger charge is -2.11. The predicted molar refractivity (Wildman–Crippen MR) is 63.5 cm³/mol. The molecule has 1 aromatic heterocycles. The minimum absolute atomic E-state index is 0.0240. The summed E-state index contributed by atoms with van der Waals surface area (Å²) in [4.78, 5) is 7.75. The van der Waals surface area contributed by atoms with Gasteiger partial charge < -0.3 is 31.0 Å². The van der Waals surface area contributed by atoms with Crippen LogP contribution in [0.1, 0.15) is 6.92 Å². The van der Waals surface area contributed by atoms with Gasteiger partial charge >= 0.3 is 0 Å². The van der Waals surface area contributed by atoms with Crippen LogP contribution >= 0.6 is 0 Å². The fourth-order valence-electron chi connectivity index (χ4n) is 1.04. The number of nitrogens with one attached hydrogen (secondary N) is 1. The van der Waals surface area contributed by atoms with E-state index in [9.17, 15) is 0 Å². The molecule has 96 valence electrons. The topological polar surface area (TPSA) is 118 Å². The first kappa shape index (κ1) is 13.3. The fourth-order valence-corrected chi connectivity index (χ4v) is 1.04. The molecule has 0 saturated heterocycles. The van der Waals surface area contributed by atoms with Gasteiger partial charge in [-0.3, -0.25) is 0 Å². The van der Waals surface area contributed by atoms with Crippen LogP contribution in [-0.4, -0.2) is 37.2 Å². The maximum absolute atomic E-state index is 5.75. The Kier molecular flexibility index (Phi) is 5.24. The highest BCUT2D eigenvalue weighted by molar-refractivity contribution is 5.68. The van der Waals surface area contributed by atoms with Gasteiger partial charge in [0, 0.05) is 13.7 Å². The molecule has 8 heteroatoms. The Balaban J connectivity index is 2.55. The second-order valence-corrected chi connectivity index (χ2v) is 2.98. The predicted octanol–water partition coefficient (Wildman–Crippen LogP) is 0.0296. The molecule has 0 aliphatic carbocycles. The van der Waals surface area contributed by atoms with Crippen molar-refractivity contribution in [1.29, 1.82) is 0 Å². The van der Waals surface area contributed by atoms with Crippen LogP contribution in [0, 0.1) is 0 Å². The lowest BCUT2D eigenvalue weighted by molar-refractivity contribution is -0.0967. The van der Waals surface area contributed by atoms with Crippen LogP contribution in [0.4, 0.5) is 17.5 Å². The molecule has 1 aromatic rings. The van der Waals surface area contributed by atoms with Crippen LogP contribution in [0.3, 0.4) is 0 Å². The van der Waals surface area contributed by atoms with Gasteiger partial charge in [0.25, 0.3) is 0 Å². The van der Waals surface area contributed by atoms with Crippen molar-refractivity contribution < 1.29 is 14.2 Å². The van der Waals surface area contributed by atoms with Gasteiger partial charge in [-0.25, -0.2) is 0 Å². The summed E-state index contributed by atoms with van der Waals surface area (Å²) in [5, 5.41) is 2.79. The third kappa shape index (κ3) is 3.93. The summed E-state index contributed by atoms with van der Waals surface area (Å²) in [6.45, 7) is 2.57. The van der Waals surface area contributed by atoms with Gasteiger partial charge in [-0.1, -0.05) is 0 Å². The summed E-state index contributed by atoms with van der Waals surface area (Å²) in [6.07, 6.45) is 0. The number of nitrogens with zero attached hydrogens (tertiary/aromatic N) is 2. The Morgan fingerprint density at radius 1 is 1.18 bits per heavy atom. The monoisotopic (exact) mass is 243 g/mol. The largest absolute Gasteiger partial charge is 0.449 e. The zero-order valence-electron chi connectivity index (χ0n) is 9.90. The number of ether oxygens (including phenoxy) is 3. The van der Waals surface area contributed by atoms with Crippen LogP contribution in [0.2, 0.25) is 0 Å². The van der Waals surface area contributed by atoms with Gasteiger partial charge in [0.05, 0.1) is 0 Å². The second kappa shape index (κ2) is 6.71. The van der Waals surface area contributed by atoms with E-state index in [-0.39, 0.29) is 31.1 Å². The molecule has 0 fully saturated rings. The van der Waals surface area contributed by atoms with Crippen molar-refractivity contribution in [1.82, 2.24) is 9.97 Å². The van der Waals surface area contributed by atoms with Crippen molar-refractivity contribution in [2.45, 2.75) is 6.92 Å². The van der Waals surface area contributed by atoms with E-state index in [1.165, 1.54) is 0 Å². The van der Waals surface area contributed by atoms with Crippen molar-refractivity contribution >= 4 is 17.5 Å². The normalized spacial score (nSPS) is 10.2. The lowest BCUT2D eigenvalue weighted by Crippen LogP contribution is -2.11. The van der Waals surface area contributed by atoms with E-state index in [1.54, 1.807) is 7.05 Å². The molecule has 1 heterocycles. The molecular formula is C9H17N5O3. The van der Waals surface area contributed by atoms with E-state index in [4.69, 9.17) is 25.7 Å². The molecule has 0 unspecified atom stereocenters. The van der Waals surface area contributed by atoms with Gasteiger partial charge in [-0.2, -0.15) is 9.97 Å². The molecule has 0 amide bonds. The zero-order chi connectivity index (χ0) is 12.7. The van der Waals surface area contributed by atoms with Crippen LogP contribution in [0.5, 0.6) is 5.88 Å². The fraction of sp³-hybridized carbons (Fsp3) is 0.556. The second-order valence-electron chi connectivity index (χ2n) is 2.98. The number of nitrogen functional groups attached to an aromatic ring is 2. The molecule has 5 N–H and O–H groups in total. The number of hydrogen-bond acceptors (Lipinski definition) is 8. The molecule has 0 radical (unpaired) electrons. The average Bonchev–Trinajstić information content (AvgIpc) is 2.32. The van der Waals surface area contributed by atoms with Crippen LogP contribution in [0.25, 0.3) is 0 Å². The Morgan fingerprint density at radius 3 is 2.59 bits per heavy atom. The molecule has 0 saturated carbocycles. The minimum Gasteiger partial charge on any atom is -0.449 e. The first-order valence-corrected chi connectivity index (χ1v) is 5.08. The molecule has 0 spiro atoms. The average molecular weight is 243 g/mol. The molecular weight excluding hydrogens is 226 g/mol. The maximum atomic E-state index is 5.75. The summed E-state index contributed by atoms with van der Waals surface area (Å²) < 4.78 is 15.2. The van der Waals surface area contributed by atoms with Crippen molar-refractivity contribution in [2.75, 3.05) is 44.0 Å². The molecule has 1 rings (SSSR count). The minimum atomic E-state index is -0.0240. The third-order valence-corrected chi connectivity index (χ3v) is 1.81. The molecule has 0 aliphatic heterocycles. The van der Waals surface area contributed by atoms with Crippen molar-refractivity contribution in [3.8, 4) is 5.88 Å². The molecule has 17 heavy (non-hydrogen) atoms.